The lowest BCUT2D eigenvalue weighted by atomic mass is 10.0. The molecule has 0 aliphatic carbocycles. The predicted octanol–water partition coefficient (Wildman–Crippen LogP) is 0.738. The van der Waals surface area contributed by atoms with E-state index in [1.807, 2.05) is 6.92 Å². The second kappa shape index (κ2) is 9.18. The quantitative estimate of drug-likeness (QED) is 0.566. The second-order valence-electron chi connectivity index (χ2n) is 4.47. The molecule has 19 heavy (non-hydrogen) atoms. The number of urea groups is 1. The second-order valence-corrected chi connectivity index (χ2v) is 4.47. The molecule has 0 aromatic heterocycles. The van der Waals surface area contributed by atoms with E-state index in [1.165, 1.54) is 14.0 Å². The highest BCUT2D eigenvalue weighted by atomic mass is 16.5. The number of esters is 1. The van der Waals surface area contributed by atoms with Crippen molar-refractivity contribution in [3.05, 3.63) is 0 Å². The molecular formula is C12H22N2O5. The predicted molar refractivity (Wildman–Crippen MR) is 68.7 cm³/mol. The van der Waals surface area contributed by atoms with Crippen molar-refractivity contribution < 1.29 is 24.2 Å². The number of amides is 2. The van der Waals surface area contributed by atoms with Crippen LogP contribution in [-0.4, -0.2) is 42.8 Å². The lowest BCUT2D eigenvalue weighted by molar-refractivity contribution is -0.142. The van der Waals surface area contributed by atoms with Crippen molar-refractivity contribution in [1.29, 1.82) is 0 Å². The van der Waals surface area contributed by atoms with Gasteiger partial charge in [-0.2, -0.15) is 0 Å². The number of carbonyl (C=O) groups excluding carboxylic acids is 2. The molecule has 110 valence electrons. The molecule has 0 fully saturated rings. The zero-order chi connectivity index (χ0) is 14.8. The molecule has 0 rings (SSSR count). The number of rotatable bonds is 8. The van der Waals surface area contributed by atoms with Crippen molar-refractivity contribution in [3.8, 4) is 0 Å². The summed E-state index contributed by atoms with van der Waals surface area (Å²) in [6, 6.07) is -1.14. The number of nitrogens with one attached hydrogen (secondary N) is 2. The molecule has 0 aromatic rings. The Hall–Kier alpha value is -1.79. The Bertz CT molecular complexity index is 319. The Labute approximate surface area is 112 Å². The normalized spacial score (nSPS) is 13.2. The minimum absolute atomic E-state index is 0.132. The molecule has 0 aliphatic heterocycles. The average molecular weight is 274 g/mol. The molecule has 0 aliphatic rings. The van der Waals surface area contributed by atoms with Crippen molar-refractivity contribution >= 4 is 18.0 Å². The van der Waals surface area contributed by atoms with Gasteiger partial charge in [-0.3, -0.25) is 4.79 Å². The maximum Gasteiger partial charge on any atom is 0.328 e. The van der Waals surface area contributed by atoms with Crippen LogP contribution >= 0.6 is 0 Å². The van der Waals surface area contributed by atoms with Crippen molar-refractivity contribution in [3.63, 3.8) is 0 Å². The van der Waals surface area contributed by atoms with Gasteiger partial charge in [0.15, 0.2) is 0 Å². The number of hydrogen-bond acceptors (Lipinski definition) is 4. The molecule has 0 radical (unpaired) electrons. The summed E-state index contributed by atoms with van der Waals surface area (Å²) in [6.45, 7) is 3.89. The summed E-state index contributed by atoms with van der Waals surface area (Å²) in [5.41, 5.74) is 0. The lowest BCUT2D eigenvalue weighted by Gasteiger charge is -2.14. The zero-order valence-electron chi connectivity index (χ0n) is 11.6. The van der Waals surface area contributed by atoms with Crippen molar-refractivity contribution in [1.82, 2.24) is 10.6 Å². The van der Waals surface area contributed by atoms with Gasteiger partial charge in [0.1, 0.15) is 6.04 Å². The largest absolute Gasteiger partial charge is 0.481 e. The summed E-state index contributed by atoms with van der Waals surface area (Å²) in [5.74, 6) is -1.11. The molecule has 0 bridgehead atoms. The van der Waals surface area contributed by atoms with E-state index in [0.717, 1.165) is 0 Å². The van der Waals surface area contributed by atoms with Crippen molar-refractivity contribution in [2.45, 2.75) is 39.2 Å². The van der Waals surface area contributed by atoms with Crippen LogP contribution in [0.1, 0.15) is 33.1 Å². The van der Waals surface area contributed by atoms with Gasteiger partial charge in [0.05, 0.1) is 7.11 Å². The minimum Gasteiger partial charge on any atom is -0.481 e. The maximum absolute atomic E-state index is 11.4. The van der Waals surface area contributed by atoms with Crippen LogP contribution in [0.2, 0.25) is 0 Å². The van der Waals surface area contributed by atoms with E-state index in [1.54, 1.807) is 0 Å². The highest BCUT2D eigenvalue weighted by Gasteiger charge is 2.15. The van der Waals surface area contributed by atoms with E-state index in [4.69, 9.17) is 5.11 Å². The van der Waals surface area contributed by atoms with Crippen LogP contribution in [-0.2, 0) is 14.3 Å². The number of hydrogen-bond donors (Lipinski definition) is 3. The van der Waals surface area contributed by atoms with Gasteiger partial charge in [0, 0.05) is 13.0 Å². The molecule has 0 spiro atoms. The number of aliphatic carboxylic acids is 1. The third kappa shape index (κ3) is 8.87. The first-order valence-corrected chi connectivity index (χ1v) is 6.20. The van der Waals surface area contributed by atoms with Crippen molar-refractivity contribution in [2.24, 2.45) is 5.92 Å². The Morgan fingerprint density at radius 3 is 2.37 bits per heavy atom. The van der Waals surface area contributed by atoms with E-state index in [-0.39, 0.29) is 12.3 Å². The van der Waals surface area contributed by atoms with Gasteiger partial charge in [-0.05, 0) is 25.7 Å². The van der Waals surface area contributed by atoms with Crippen LogP contribution in [0.15, 0.2) is 0 Å². The van der Waals surface area contributed by atoms with Gasteiger partial charge >= 0.3 is 18.0 Å². The first kappa shape index (κ1) is 17.2. The van der Waals surface area contributed by atoms with E-state index >= 15 is 0 Å². The third-order valence-corrected chi connectivity index (χ3v) is 2.68. The van der Waals surface area contributed by atoms with E-state index in [2.05, 4.69) is 15.4 Å². The summed E-state index contributed by atoms with van der Waals surface area (Å²) in [7, 11) is 1.25. The number of carboxylic acids is 1. The molecule has 2 amide bonds. The Morgan fingerprint density at radius 2 is 1.84 bits per heavy atom. The molecule has 7 heteroatoms. The lowest BCUT2D eigenvalue weighted by Crippen LogP contribution is -2.45. The molecule has 0 heterocycles. The van der Waals surface area contributed by atoms with Crippen LogP contribution in [0.5, 0.6) is 0 Å². The van der Waals surface area contributed by atoms with Crippen LogP contribution in [0.4, 0.5) is 4.79 Å². The Kier molecular flexibility index (Phi) is 8.32. The van der Waals surface area contributed by atoms with Crippen LogP contribution in [0.3, 0.4) is 0 Å². The number of carbonyl (C=O) groups is 3. The molecule has 3 N–H and O–H groups in total. The number of ether oxygens (including phenoxy) is 1. The average Bonchev–Trinajstić information content (AvgIpc) is 2.35. The highest BCUT2D eigenvalue weighted by molar-refractivity contribution is 5.83. The fourth-order valence-electron chi connectivity index (χ4n) is 1.43. The van der Waals surface area contributed by atoms with E-state index in [9.17, 15) is 14.4 Å². The van der Waals surface area contributed by atoms with Crippen molar-refractivity contribution in [2.75, 3.05) is 13.7 Å². The van der Waals surface area contributed by atoms with Gasteiger partial charge in [-0.15, -0.1) is 0 Å². The summed E-state index contributed by atoms with van der Waals surface area (Å²) in [4.78, 5) is 32.8. The van der Waals surface area contributed by atoms with Gasteiger partial charge in [-0.25, -0.2) is 9.59 Å². The Morgan fingerprint density at radius 1 is 1.21 bits per heavy atom. The molecule has 2 unspecified atom stereocenters. The van der Waals surface area contributed by atoms with E-state index < -0.39 is 24.0 Å². The smallest absolute Gasteiger partial charge is 0.328 e. The summed E-state index contributed by atoms with van der Waals surface area (Å²) in [5, 5.41) is 13.6. The molecule has 0 saturated heterocycles. The standard InChI is InChI=1S/C12H22N2O5/c1-8(4-5-10(15)16)6-7-13-12(18)14-9(2)11(17)19-3/h8-9H,4-7H2,1-3H3,(H,15,16)(H2,13,14,18). The minimum atomic E-state index is -0.815. The molecule has 0 saturated carbocycles. The number of carboxylic acid groups (broad SMARTS) is 1. The molecule has 2 atom stereocenters. The van der Waals surface area contributed by atoms with Gasteiger partial charge < -0.3 is 20.5 Å². The zero-order valence-corrected chi connectivity index (χ0v) is 11.6. The summed E-state index contributed by atoms with van der Waals surface area (Å²) >= 11 is 0. The van der Waals surface area contributed by atoms with Gasteiger partial charge in [-0.1, -0.05) is 6.92 Å². The van der Waals surface area contributed by atoms with Crippen LogP contribution in [0, 0.1) is 5.92 Å². The van der Waals surface area contributed by atoms with Crippen LogP contribution in [0.25, 0.3) is 0 Å². The number of methoxy groups -OCH3 is 1. The first-order valence-electron chi connectivity index (χ1n) is 6.20. The molecule has 0 aromatic carbocycles. The molecular weight excluding hydrogens is 252 g/mol. The fourth-order valence-corrected chi connectivity index (χ4v) is 1.43. The van der Waals surface area contributed by atoms with E-state index in [0.29, 0.717) is 19.4 Å². The van der Waals surface area contributed by atoms with Crippen LogP contribution < -0.4 is 10.6 Å². The monoisotopic (exact) mass is 274 g/mol. The summed E-state index contributed by atoms with van der Waals surface area (Å²) in [6.07, 6.45) is 1.40. The third-order valence-electron chi connectivity index (χ3n) is 2.68. The maximum atomic E-state index is 11.4. The topological polar surface area (TPSA) is 105 Å². The first-order chi connectivity index (χ1) is 8.86. The fraction of sp³-hybridized carbons (Fsp3) is 0.750. The highest BCUT2D eigenvalue weighted by Crippen LogP contribution is 2.08. The SMILES string of the molecule is COC(=O)C(C)NC(=O)NCCC(C)CCC(=O)O. The van der Waals surface area contributed by atoms with Gasteiger partial charge in [0.25, 0.3) is 0 Å². The summed E-state index contributed by atoms with van der Waals surface area (Å²) < 4.78 is 4.47. The molecule has 7 nitrogen and oxygen atoms in total. The van der Waals surface area contributed by atoms with Gasteiger partial charge in [0.2, 0.25) is 0 Å². The Balaban J connectivity index is 3.73.